The van der Waals surface area contributed by atoms with Crippen LogP contribution >= 0.6 is 0 Å². The molecule has 6 heteroatoms. The number of primary amides is 1. The van der Waals surface area contributed by atoms with Gasteiger partial charge in [0.1, 0.15) is 0 Å². The van der Waals surface area contributed by atoms with E-state index >= 15 is 0 Å². The molecular formula is C10H20N4O2. The van der Waals surface area contributed by atoms with Crippen molar-refractivity contribution >= 4 is 11.9 Å². The summed E-state index contributed by atoms with van der Waals surface area (Å²) in [5.74, 6) is -0.337. The van der Waals surface area contributed by atoms with E-state index in [0.29, 0.717) is 12.6 Å². The second-order valence-electron chi connectivity index (χ2n) is 4.14. The van der Waals surface area contributed by atoms with Crippen molar-refractivity contribution in [3.63, 3.8) is 0 Å². The Labute approximate surface area is 95.3 Å². The minimum Gasteiger partial charge on any atom is -0.351 e. The summed E-state index contributed by atoms with van der Waals surface area (Å²) in [5, 5.41) is 2.11. The number of hydrogen-bond acceptors (Lipinski definition) is 4. The van der Waals surface area contributed by atoms with Crippen LogP contribution < -0.4 is 16.8 Å². The third-order valence-corrected chi connectivity index (χ3v) is 2.76. The predicted molar refractivity (Wildman–Crippen MR) is 60.6 cm³/mol. The number of hydrogen-bond donors (Lipinski definition) is 3. The Morgan fingerprint density at radius 3 is 2.56 bits per heavy atom. The van der Waals surface area contributed by atoms with Gasteiger partial charge in [0.15, 0.2) is 0 Å². The number of nitrogens with one attached hydrogen (secondary N) is 1. The normalized spacial score (nSPS) is 17.2. The van der Waals surface area contributed by atoms with Gasteiger partial charge in [-0.15, -0.1) is 0 Å². The molecule has 0 aromatic heterocycles. The topological polar surface area (TPSA) is 101 Å². The molecule has 1 aliphatic carbocycles. The van der Waals surface area contributed by atoms with Crippen molar-refractivity contribution < 1.29 is 9.59 Å². The van der Waals surface area contributed by atoms with Gasteiger partial charge in [-0.05, 0) is 32.7 Å². The van der Waals surface area contributed by atoms with E-state index in [1.807, 2.05) is 0 Å². The minimum absolute atomic E-state index is 0.327. The van der Waals surface area contributed by atoms with E-state index in [1.165, 1.54) is 0 Å². The summed E-state index contributed by atoms with van der Waals surface area (Å²) >= 11 is 0. The van der Waals surface area contributed by atoms with Gasteiger partial charge < -0.3 is 11.5 Å². The van der Waals surface area contributed by atoms with Gasteiger partial charge in [-0.1, -0.05) is 0 Å². The molecule has 16 heavy (non-hydrogen) atoms. The van der Waals surface area contributed by atoms with Gasteiger partial charge in [-0.2, -0.15) is 0 Å². The fourth-order valence-electron chi connectivity index (χ4n) is 1.75. The van der Waals surface area contributed by atoms with Gasteiger partial charge in [-0.25, -0.2) is 4.79 Å². The lowest BCUT2D eigenvalue weighted by molar-refractivity contribution is -0.125. The Bertz CT molecular complexity index is 266. The Morgan fingerprint density at radius 1 is 1.50 bits per heavy atom. The Balaban J connectivity index is 2.48. The number of rotatable bonds is 6. The highest BCUT2D eigenvalue weighted by Gasteiger charge is 2.34. The van der Waals surface area contributed by atoms with E-state index in [2.05, 4.69) is 10.2 Å². The number of carbonyl (C=O) groups excluding carboxylic acids is 2. The van der Waals surface area contributed by atoms with Crippen LogP contribution in [0, 0.1) is 0 Å². The summed E-state index contributed by atoms with van der Waals surface area (Å²) in [5.41, 5.74) is 10.4. The van der Waals surface area contributed by atoms with E-state index in [1.54, 1.807) is 6.92 Å². The zero-order valence-electron chi connectivity index (χ0n) is 9.61. The molecule has 1 fully saturated rings. The van der Waals surface area contributed by atoms with Crippen LogP contribution in [-0.2, 0) is 4.79 Å². The molecule has 5 N–H and O–H groups in total. The highest BCUT2D eigenvalue weighted by Crippen LogP contribution is 2.28. The molecule has 1 rings (SSSR count). The zero-order valence-corrected chi connectivity index (χ0v) is 9.61. The molecule has 6 nitrogen and oxygen atoms in total. The molecule has 0 aromatic carbocycles. The molecule has 0 bridgehead atoms. The smallest absolute Gasteiger partial charge is 0.318 e. The summed E-state index contributed by atoms with van der Waals surface area (Å²) in [7, 11) is 0. The monoisotopic (exact) mass is 228 g/mol. The number of urea groups is 1. The Hall–Kier alpha value is -1.14. The van der Waals surface area contributed by atoms with Crippen molar-refractivity contribution in [2.75, 3.05) is 13.1 Å². The van der Waals surface area contributed by atoms with Gasteiger partial charge in [-0.3, -0.25) is 15.0 Å². The van der Waals surface area contributed by atoms with Crippen molar-refractivity contribution in [1.82, 2.24) is 10.2 Å². The van der Waals surface area contributed by atoms with Crippen LogP contribution in [-0.4, -0.2) is 42.0 Å². The van der Waals surface area contributed by atoms with Gasteiger partial charge in [0.2, 0.25) is 5.91 Å². The van der Waals surface area contributed by atoms with Crippen LogP contribution in [0.4, 0.5) is 4.79 Å². The number of nitrogens with zero attached hydrogens (tertiary/aromatic N) is 1. The van der Waals surface area contributed by atoms with Gasteiger partial charge >= 0.3 is 6.03 Å². The molecule has 0 spiro atoms. The Morgan fingerprint density at radius 2 is 2.12 bits per heavy atom. The maximum absolute atomic E-state index is 11.6. The molecule has 1 unspecified atom stereocenters. The van der Waals surface area contributed by atoms with E-state index in [9.17, 15) is 9.59 Å². The lowest BCUT2D eigenvalue weighted by Crippen LogP contribution is -2.49. The van der Waals surface area contributed by atoms with Crippen molar-refractivity contribution in [2.24, 2.45) is 11.5 Å². The van der Waals surface area contributed by atoms with Crippen molar-refractivity contribution in [2.45, 2.75) is 38.3 Å². The standard InChI is InChI=1S/C10H20N4O2/c1-7(9(15)13-10(12)16)14(6-2-5-11)8-3-4-8/h7-8H,2-6,11H2,1H3,(H3,12,13,15,16). The molecule has 0 saturated heterocycles. The van der Waals surface area contributed by atoms with Crippen LogP contribution in [0.3, 0.4) is 0 Å². The van der Waals surface area contributed by atoms with Crippen LogP contribution in [0.15, 0.2) is 0 Å². The summed E-state index contributed by atoms with van der Waals surface area (Å²) in [6.07, 6.45) is 3.07. The fraction of sp³-hybridized carbons (Fsp3) is 0.800. The summed E-state index contributed by atoms with van der Waals surface area (Å²) < 4.78 is 0. The average Bonchev–Trinajstić information content (AvgIpc) is 3.01. The number of nitrogens with two attached hydrogens (primary N) is 2. The highest BCUT2D eigenvalue weighted by atomic mass is 16.2. The van der Waals surface area contributed by atoms with E-state index in [0.717, 1.165) is 25.8 Å². The quantitative estimate of drug-likeness (QED) is 0.564. The van der Waals surface area contributed by atoms with Crippen molar-refractivity contribution in [3.8, 4) is 0 Å². The summed E-state index contributed by atoms with van der Waals surface area (Å²) in [6, 6.07) is -0.668. The molecule has 1 atom stereocenters. The van der Waals surface area contributed by atoms with Crippen LogP contribution in [0.5, 0.6) is 0 Å². The number of amides is 3. The minimum atomic E-state index is -0.800. The second kappa shape index (κ2) is 5.81. The largest absolute Gasteiger partial charge is 0.351 e. The van der Waals surface area contributed by atoms with Crippen LogP contribution in [0.25, 0.3) is 0 Å². The van der Waals surface area contributed by atoms with Crippen molar-refractivity contribution in [3.05, 3.63) is 0 Å². The first kappa shape index (κ1) is 12.9. The first-order valence-corrected chi connectivity index (χ1v) is 5.62. The maximum atomic E-state index is 11.6. The van der Waals surface area contributed by atoms with Gasteiger partial charge in [0.25, 0.3) is 0 Å². The lowest BCUT2D eigenvalue weighted by Gasteiger charge is -2.27. The van der Waals surface area contributed by atoms with E-state index < -0.39 is 6.03 Å². The summed E-state index contributed by atoms with van der Waals surface area (Å²) in [6.45, 7) is 3.18. The average molecular weight is 228 g/mol. The fourth-order valence-corrected chi connectivity index (χ4v) is 1.75. The zero-order chi connectivity index (χ0) is 12.1. The molecule has 3 amide bonds. The predicted octanol–water partition coefficient (Wildman–Crippen LogP) is -0.617. The molecule has 92 valence electrons. The molecule has 0 aliphatic heterocycles. The SMILES string of the molecule is CC(C(=O)NC(N)=O)N(CCCN)C1CC1. The third kappa shape index (κ3) is 3.79. The second-order valence-corrected chi connectivity index (χ2v) is 4.14. The third-order valence-electron chi connectivity index (χ3n) is 2.76. The highest BCUT2D eigenvalue weighted by molar-refractivity contribution is 5.96. The van der Waals surface area contributed by atoms with Gasteiger partial charge in [0, 0.05) is 12.6 Å². The molecule has 1 saturated carbocycles. The molecule has 0 heterocycles. The molecule has 0 radical (unpaired) electrons. The first-order chi connectivity index (χ1) is 7.56. The van der Waals surface area contributed by atoms with Crippen LogP contribution in [0.1, 0.15) is 26.2 Å². The van der Waals surface area contributed by atoms with Gasteiger partial charge in [0.05, 0.1) is 6.04 Å². The van der Waals surface area contributed by atoms with E-state index in [-0.39, 0.29) is 11.9 Å². The summed E-state index contributed by atoms with van der Waals surface area (Å²) in [4.78, 5) is 24.3. The van der Waals surface area contributed by atoms with E-state index in [4.69, 9.17) is 11.5 Å². The maximum Gasteiger partial charge on any atom is 0.318 e. The lowest BCUT2D eigenvalue weighted by atomic mass is 10.2. The number of imide groups is 1. The van der Waals surface area contributed by atoms with Crippen molar-refractivity contribution in [1.29, 1.82) is 0 Å². The Kier molecular flexibility index (Phi) is 4.70. The first-order valence-electron chi connectivity index (χ1n) is 5.62. The number of carbonyl (C=O) groups is 2. The molecule has 0 aromatic rings. The van der Waals surface area contributed by atoms with Crippen LogP contribution in [0.2, 0.25) is 0 Å². The molecular weight excluding hydrogens is 208 g/mol. The molecule has 1 aliphatic rings.